The predicted molar refractivity (Wildman–Crippen MR) is 231 cm³/mol. The van der Waals surface area contributed by atoms with Gasteiger partial charge in [-0.2, -0.15) is 13.2 Å². The van der Waals surface area contributed by atoms with Crippen LogP contribution < -0.4 is 20.9 Å². The van der Waals surface area contributed by atoms with E-state index < -0.39 is 11.7 Å². The topological polar surface area (TPSA) is 105 Å². The fraction of sp³-hybridized carbons (Fsp3) is 0.289. The van der Waals surface area contributed by atoms with Crippen molar-refractivity contribution in [1.29, 1.82) is 0 Å². The van der Waals surface area contributed by atoms with Gasteiger partial charge in [0.25, 0.3) is 5.56 Å². The molecular formula is C45H44F4N6O2S2. The maximum atomic E-state index is 14.2. The summed E-state index contributed by atoms with van der Waals surface area (Å²) in [6.45, 7) is 4.59. The minimum absolute atomic E-state index is 0.0468. The van der Waals surface area contributed by atoms with E-state index >= 15 is 0 Å². The zero-order valence-corrected chi connectivity index (χ0v) is 34.3. The number of hydrogen-bond donors (Lipinski definition) is 3. The summed E-state index contributed by atoms with van der Waals surface area (Å²) in [5.41, 5.74) is 4.18. The zero-order chi connectivity index (χ0) is 41.4. The van der Waals surface area contributed by atoms with E-state index in [1.165, 1.54) is 52.5 Å². The van der Waals surface area contributed by atoms with Gasteiger partial charge in [-0.1, -0.05) is 45.2 Å². The molecule has 8 nitrogen and oxygen atoms in total. The van der Waals surface area contributed by atoms with Gasteiger partial charge in [0.05, 0.1) is 29.1 Å². The first-order valence-electron chi connectivity index (χ1n) is 19.5. The second kappa shape index (κ2) is 18.5. The van der Waals surface area contributed by atoms with Crippen LogP contribution in [0, 0.1) is 11.2 Å². The summed E-state index contributed by atoms with van der Waals surface area (Å²) in [7, 11) is 0. The van der Waals surface area contributed by atoms with Gasteiger partial charge in [-0.05, 0) is 116 Å². The van der Waals surface area contributed by atoms with E-state index in [-0.39, 0.29) is 34.8 Å². The van der Waals surface area contributed by atoms with Crippen molar-refractivity contribution in [3.63, 3.8) is 0 Å². The number of unbranched alkanes of at least 4 members (excludes halogenated alkanes) is 3. The highest BCUT2D eigenvalue weighted by Crippen LogP contribution is 2.39. The molecule has 0 amide bonds. The first kappa shape index (κ1) is 41.6. The van der Waals surface area contributed by atoms with E-state index in [9.17, 15) is 22.4 Å². The molecule has 0 unspecified atom stereocenters. The average molecular weight is 841 g/mol. The Morgan fingerprint density at radius 3 is 2.20 bits per heavy atom. The monoisotopic (exact) mass is 840 g/mol. The molecule has 0 atom stereocenters. The molecule has 3 aromatic carbocycles. The molecule has 0 aliphatic carbocycles. The van der Waals surface area contributed by atoms with E-state index in [1.807, 2.05) is 11.4 Å². The number of nitrogens with zero attached hydrogens (tertiary/aromatic N) is 3. The van der Waals surface area contributed by atoms with Crippen molar-refractivity contribution in [3.05, 3.63) is 129 Å². The van der Waals surface area contributed by atoms with Crippen molar-refractivity contribution in [2.24, 2.45) is 5.41 Å². The van der Waals surface area contributed by atoms with E-state index in [1.54, 1.807) is 35.8 Å². The molecule has 0 saturated carbocycles. The summed E-state index contributed by atoms with van der Waals surface area (Å²) in [6, 6.07) is 23.9. The van der Waals surface area contributed by atoms with Crippen LogP contribution in [0.3, 0.4) is 0 Å². The third kappa shape index (κ3) is 11.3. The number of aryl methyl sites for hydroxylation is 1. The Kier molecular flexibility index (Phi) is 13.1. The van der Waals surface area contributed by atoms with Crippen LogP contribution in [0.4, 0.5) is 39.2 Å². The predicted octanol–water partition coefficient (Wildman–Crippen LogP) is 13.2. The number of halogens is 4. The van der Waals surface area contributed by atoms with Crippen LogP contribution in [-0.2, 0) is 12.6 Å². The van der Waals surface area contributed by atoms with Crippen molar-refractivity contribution < 1.29 is 22.3 Å². The highest BCUT2D eigenvalue weighted by atomic mass is 32.1. The Morgan fingerprint density at radius 1 is 0.763 bits per heavy atom. The number of pyridine rings is 2. The molecule has 306 valence electrons. The Bertz CT molecular complexity index is 2530. The van der Waals surface area contributed by atoms with Crippen LogP contribution in [-0.4, -0.2) is 26.5 Å². The number of hydrogen-bond acceptors (Lipinski definition) is 9. The molecular weight excluding hydrogens is 797 g/mol. The number of benzene rings is 3. The van der Waals surface area contributed by atoms with Crippen molar-refractivity contribution >= 4 is 55.3 Å². The van der Waals surface area contributed by atoms with Crippen LogP contribution in [0.5, 0.6) is 5.75 Å². The van der Waals surface area contributed by atoms with Crippen LogP contribution in [0.2, 0.25) is 0 Å². The zero-order valence-electron chi connectivity index (χ0n) is 32.7. The molecule has 0 bridgehead atoms. The van der Waals surface area contributed by atoms with Crippen molar-refractivity contribution in [1.82, 2.24) is 19.9 Å². The molecule has 7 aromatic rings. The number of thiazole rings is 2. The second-order valence-corrected chi connectivity index (χ2v) is 16.9. The van der Waals surface area contributed by atoms with Gasteiger partial charge in [-0.3, -0.25) is 4.79 Å². The van der Waals surface area contributed by atoms with Gasteiger partial charge in [0.2, 0.25) is 0 Å². The third-order valence-electron chi connectivity index (χ3n) is 10.1. The second-order valence-electron chi connectivity index (χ2n) is 15.2. The molecule has 0 saturated heterocycles. The summed E-state index contributed by atoms with van der Waals surface area (Å²) >= 11 is 2.69. The van der Waals surface area contributed by atoms with E-state index in [0.717, 1.165) is 78.5 Å². The first-order chi connectivity index (χ1) is 28.4. The molecule has 59 heavy (non-hydrogen) atoms. The molecule has 4 heterocycles. The standard InChI is InChI=1S/C45H44F4N6O2S2/c1-44(2,21-6-4-3-5-9-29-11-17-33(18-12-29)51-42-53-37(27-58-42)30-13-15-32(46)16-14-30)22-8-24-57-39-20-19-34(26-36(39)45(47,48)49)52-43-54-38(28-59-43)35-25-31-10-7-23-50-40(31)55-41(35)56/h7,10-20,23,25-28H,3-6,8-9,21-22,24H2,1-2H3,(H,51,53)(H,52,54)(H,50,55,56). The lowest BCUT2D eigenvalue weighted by Crippen LogP contribution is -2.14. The molecule has 0 radical (unpaired) electrons. The summed E-state index contributed by atoms with van der Waals surface area (Å²) in [5.74, 6) is -0.477. The highest BCUT2D eigenvalue weighted by molar-refractivity contribution is 7.14. The quantitative estimate of drug-likeness (QED) is 0.0584. The van der Waals surface area contributed by atoms with E-state index in [0.29, 0.717) is 28.5 Å². The summed E-state index contributed by atoms with van der Waals surface area (Å²) in [5, 5.41) is 11.8. The molecule has 14 heteroatoms. The smallest absolute Gasteiger partial charge is 0.420 e. The third-order valence-corrected chi connectivity index (χ3v) is 11.6. The Balaban J connectivity index is 0.811. The van der Waals surface area contributed by atoms with Gasteiger partial charge in [-0.15, -0.1) is 22.7 Å². The molecule has 4 aromatic heterocycles. The largest absolute Gasteiger partial charge is 0.493 e. The minimum Gasteiger partial charge on any atom is -0.493 e. The van der Waals surface area contributed by atoms with Gasteiger partial charge in [0.1, 0.15) is 17.2 Å². The number of alkyl halides is 3. The minimum atomic E-state index is -4.62. The lowest BCUT2D eigenvalue weighted by atomic mass is 9.82. The number of ether oxygens (including phenoxy) is 1. The number of H-pyrrole nitrogens is 1. The number of aromatic amines is 1. The number of fused-ring (bicyclic) bond motifs is 1. The number of nitrogens with one attached hydrogen (secondary N) is 3. The fourth-order valence-electron chi connectivity index (χ4n) is 6.86. The molecule has 0 fully saturated rings. The van der Waals surface area contributed by atoms with Crippen LogP contribution >= 0.6 is 22.7 Å². The Labute approximate surface area is 347 Å². The highest BCUT2D eigenvalue weighted by Gasteiger charge is 2.35. The van der Waals surface area contributed by atoms with Crippen LogP contribution in [0.1, 0.15) is 69.9 Å². The molecule has 3 N–H and O–H groups in total. The molecule has 0 aliphatic heterocycles. The normalized spacial score (nSPS) is 11.9. The molecule has 0 spiro atoms. The van der Waals surface area contributed by atoms with Crippen LogP contribution in [0.15, 0.2) is 107 Å². The van der Waals surface area contributed by atoms with E-state index in [4.69, 9.17) is 4.74 Å². The Morgan fingerprint density at radius 2 is 1.44 bits per heavy atom. The summed E-state index contributed by atoms with van der Waals surface area (Å²) < 4.78 is 61.4. The SMILES string of the molecule is CC(C)(CCCCCCc1ccc(Nc2nc(-c3ccc(F)cc3)cs2)cc1)CCCOc1ccc(Nc2nc(-c3cc4cccnc4[nH]c3=O)cs2)cc1C(F)(F)F. The molecule has 7 rings (SSSR count). The maximum absolute atomic E-state index is 14.2. The van der Waals surface area contributed by atoms with Gasteiger partial charge in [0, 0.05) is 39.3 Å². The fourth-order valence-corrected chi connectivity index (χ4v) is 8.34. The van der Waals surface area contributed by atoms with Gasteiger partial charge in [0.15, 0.2) is 10.3 Å². The Hall–Kier alpha value is -5.60. The summed E-state index contributed by atoms with van der Waals surface area (Å²) in [6.07, 6.45) is 4.92. The summed E-state index contributed by atoms with van der Waals surface area (Å²) in [4.78, 5) is 28.6. The molecule has 0 aliphatic rings. The average Bonchev–Trinajstić information content (AvgIpc) is 3.88. The number of anilines is 4. The lowest BCUT2D eigenvalue weighted by Gasteiger charge is -2.25. The van der Waals surface area contributed by atoms with Crippen molar-refractivity contribution in [2.75, 3.05) is 17.2 Å². The van der Waals surface area contributed by atoms with Gasteiger partial charge in [-0.25, -0.2) is 19.3 Å². The van der Waals surface area contributed by atoms with Crippen molar-refractivity contribution in [3.8, 4) is 28.3 Å². The van der Waals surface area contributed by atoms with Crippen LogP contribution in [0.25, 0.3) is 33.5 Å². The number of rotatable bonds is 18. The maximum Gasteiger partial charge on any atom is 0.420 e. The first-order valence-corrected chi connectivity index (χ1v) is 21.3. The number of aromatic nitrogens is 4. The lowest BCUT2D eigenvalue weighted by molar-refractivity contribution is -0.138. The van der Waals surface area contributed by atoms with Gasteiger partial charge < -0.3 is 20.4 Å². The van der Waals surface area contributed by atoms with Gasteiger partial charge >= 0.3 is 6.18 Å². The van der Waals surface area contributed by atoms with E-state index in [2.05, 4.69) is 68.7 Å². The van der Waals surface area contributed by atoms with Crippen molar-refractivity contribution in [2.45, 2.75) is 71.4 Å².